The van der Waals surface area contributed by atoms with Crippen molar-refractivity contribution in [2.75, 3.05) is 10.7 Å². The lowest BCUT2D eigenvalue weighted by molar-refractivity contribution is -0.115. The van der Waals surface area contributed by atoms with Gasteiger partial charge in [0.2, 0.25) is 5.91 Å². The molecule has 20 heavy (non-hydrogen) atoms. The molecule has 2 heterocycles. The summed E-state index contributed by atoms with van der Waals surface area (Å²) in [5, 5.41) is 0.683. The van der Waals surface area contributed by atoms with Crippen LogP contribution in [-0.2, 0) is 4.79 Å². The first-order valence-corrected chi connectivity index (χ1v) is 7.25. The van der Waals surface area contributed by atoms with E-state index >= 15 is 0 Å². The molecule has 0 saturated carbocycles. The molecule has 0 bridgehead atoms. The summed E-state index contributed by atoms with van der Waals surface area (Å²) in [6.07, 6.45) is 1.68. The van der Waals surface area contributed by atoms with Gasteiger partial charge in [0.25, 0.3) is 0 Å². The molecule has 1 fully saturated rings. The lowest BCUT2D eigenvalue weighted by Gasteiger charge is -2.14. The molecule has 1 aliphatic rings. The smallest absolute Gasteiger partial charge is 0.244 e. The number of rotatable bonds is 2. The molecule has 0 atom stereocenters. The third kappa shape index (κ3) is 2.44. The lowest BCUT2D eigenvalue weighted by Crippen LogP contribution is -2.29. The maximum atomic E-state index is 12.0. The van der Waals surface area contributed by atoms with Gasteiger partial charge in [-0.15, -0.1) is 0 Å². The van der Waals surface area contributed by atoms with Crippen LogP contribution in [0.5, 0.6) is 0 Å². The number of nitrogens with zero attached hydrogens (tertiary/aromatic N) is 3. The van der Waals surface area contributed by atoms with Crippen molar-refractivity contribution in [3.63, 3.8) is 0 Å². The van der Waals surface area contributed by atoms with Gasteiger partial charge in [0.1, 0.15) is 5.82 Å². The van der Waals surface area contributed by atoms with Gasteiger partial charge in [-0.2, -0.15) is 0 Å². The quantitative estimate of drug-likeness (QED) is 0.850. The number of hydrogen-bond donors (Lipinski definition) is 0. The number of carbonyl (C=O) groups excluding carboxylic acids is 1. The number of anilines is 1. The highest BCUT2D eigenvalue weighted by Crippen LogP contribution is 2.28. The highest BCUT2D eigenvalue weighted by atomic mass is 32.2. The molecule has 1 saturated heterocycles. The number of amides is 1. The van der Waals surface area contributed by atoms with Gasteiger partial charge in [0.05, 0.1) is 11.4 Å². The van der Waals surface area contributed by atoms with Crippen molar-refractivity contribution in [1.82, 2.24) is 4.98 Å². The third-order valence-corrected chi connectivity index (χ3v) is 3.90. The standard InChI is InChI=1S/C15H13N3OS/c1-11-6-2-3-7-12(11)17-15-18(14(19)10-20-15)13-8-4-5-9-16-13/h2-9H,10H2,1H3. The van der Waals surface area contributed by atoms with E-state index in [1.807, 2.05) is 49.4 Å². The maximum absolute atomic E-state index is 12.0. The number of pyridine rings is 1. The van der Waals surface area contributed by atoms with Crippen LogP contribution in [0.25, 0.3) is 0 Å². The Morgan fingerprint density at radius 1 is 1.20 bits per heavy atom. The average molecular weight is 283 g/mol. The SMILES string of the molecule is Cc1ccccc1N=C1SCC(=O)N1c1ccccn1. The van der Waals surface area contributed by atoms with Gasteiger partial charge >= 0.3 is 0 Å². The van der Waals surface area contributed by atoms with Crippen LogP contribution >= 0.6 is 11.8 Å². The van der Waals surface area contributed by atoms with E-state index in [0.29, 0.717) is 16.7 Å². The van der Waals surface area contributed by atoms with Crippen molar-refractivity contribution in [3.8, 4) is 0 Å². The van der Waals surface area contributed by atoms with Crippen LogP contribution in [0, 0.1) is 6.92 Å². The van der Waals surface area contributed by atoms with Crippen molar-refractivity contribution in [2.24, 2.45) is 4.99 Å². The fourth-order valence-electron chi connectivity index (χ4n) is 1.95. The number of para-hydroxylation sites is 1. The Hall–Kier alpha value is -2.14. The summed E-state index contributed by atoms with van der Waals surface area (Å²) in [6, 6.07) is 13.4. The summed E-state index contributed by atoms with van der Waals surface area (Å²) in [5.74, 6) is 1.04. The van der Waals surface area contributed by atoms with Crippen molar-refractivity contribution >= 4 is 34.3 Å². The largest absolute Gasteiger partial charge is 0.273 e. The van der Waals surface area contributed by atoms with Crippen LogP contribution in [0.2, 0.25) is 0 Å². The van der Waals surface area contributed by atoms with Crippen LogP contribution in [0.3, 0.4) is 0 Å². The lowest BCUT2D eigenvalue weighted by atomic mass is 10.2. The number of amidine groups is 1. The number of aryl methyl sites for hydroxylation is 1. The molecular formula is C15H13N3OS. The summed E-state index contributed by atoms with van der Waals surface area (Å²) in [4.78, 5) is 22.5. The topological polar surface area (TPSA) is 45.6 Å². The third-order valence-electron chi connectivity index (χ3n) is 2.98. The second-order valence-corrected chi connectivity index (χ2v) is 5.33. The van der Waals surface area contributed by atoms with Crippen LogP contribution in [0.1, 0.15) is 5.56 Å². The first-order valence-electron chi connectivity index (χ1n) is 6.27. The van der Waals surface area contributed by atoms with Gasteiger partial charge in [-0.3, -0.25) is 4.79 Å². The molecule has 0 N–H and O–H groups in total. The Kier molecular flexibility index (Phi) is 3.52. The van der Waals surface area contributed by atoms with E-state index in [2.05, 4.69) is 9.98 Å². The summed E-state index contributed by atoms with van der Waals surface area (Å²) >= 11 is 1.44. The molecule has 0 spiro atoms. The van der Waals surface area contributed by atoms with Crippen LogP contribution in [-0.4, -0.2) is 21.8 Å². The number of benzene rings is 1. The van der Waals surface area contributed by atoms with Crippen molar-refractivity contribution in [2.45, 2.75) is 6.92 Å². The van der Waals surface area contributed by atoms with Gasteiger partial charge in [-0.25, -0.2) is 14.9 Å². The first kappa shape index (κ1) is 12.9. The fourth-order valence-corrected chi connectivity index (χ4v) is 2.82. The number of aliphatic imine (C=N–C) groups is 1. The summed E-state index contributed by atoms with van der Waals surface area (Å²) in [5.41, 5.74) is 1.96. The molecule has 1 aromatic heterocycles. The Morgan fingerprint density at radius 3 is 2.75 bits per heavy atom. The second kappa shape index (κ2) is 5.46. The highest BCUT2D eigenvalue weighted by Gasteiger charge is 2.30. The van der Waals surface area contributed by atoms with Crippen LogP contribution in [0.15, 0.2) is 53.7 Å². The molecular weight excluding hydrogens is 270 g/mol. The molecule has 0 radical (unpaired) electrons. The van der Waals surface area contributed by atoms with Crippen molar-refractivity contribution in [1.29, 1.82) is 0 Å². The summed E-state index contributed by atoms with van der Waals surface area (Å²) in [6.45, 7) is 2.01. The Bertz CT molecular complexity index is 670. The minimum absolute atomic E-state index is 0.0148. The van der Waals surface area contributed by atoms with Gasteiger partial charge in [-0.05, 0) is 30.7 Å². The normalized spacial score (nSPS) is 16.9. The average Bonchev–Trinajstić information content (AvgIpc) is 2.83. The van der Waals surface area contributed by atoms with E-state index in [9.17, 15) is 4.79 Å². The van der Waals surface area contributed by atoms with Gasteiger partial charge < -0.3 is 0 Å². The molecule has 1 aromatic carbocycles. The molecule has 4 nitrogen and oxygen atoms in total. The Balaban J connectivity index is 2.01. The molecule has 3 rings (SSSR count). The van der Waals surface area contributed by atoms with Crippen molar-refractivity contribution in [3.05, 3.63) is 54.2 Å². The molecule has 1 amide bonds. The Morgan fingerprint density at radius 2 is 2.00 bits per heavy atom. The molecule has 0 aliphatic carbocycles. The van der Waals surface area contributed by atoms with E-state index in [1.165, 1.54) is 11.8 Å². The summed E-state index contributed by atoms with van der Waals surface area (Å²) in [7, 11) is 0. The van der Waals surface area contributed by atoms with E-state index < -0.39 is 0 Å². The minimum atomic E-state index is 0.0148. The van der Waals surface area contributed by atoms with Gasteiger partial charge in [0, 0.05) is 6.20 Å². The van der Waals surface area contributed by atoms with E-state index in [-0.39, 0.29) is 5.91 Å². The number of thioether (sulfide) groups is 1. The zero-order valence-electron chi connectivity index (χ0n) is 11.0. The fraction of sp³-hybridized carbons (Fsp3) is 0.133. The number of carbonyl (C=O) groups is 1. The first-order chi connectivity index (χ1) is 9.75. The zero-order chi connectivity index (χ0) is 13.9. The monoisotopic (exact) mass is 283 g/mol. The van der Waals surface area contributed by atoms with Gasteiger partial charge in [0.15, 0.2) is 5.17 Å². The predicted octanol–water partition coefficient (Wildman–Crippen LogP) is 3.16. The summed E-state index contributed by atoms with van der Waals surface area (Å²) < 4.78 is 0. The van der Waals surface area contributed by atoms with Crippen LogP contribution in [0.4, 0.5) is 11.5 Å². The minimum Gasteiger partial charge on any atom is -0.273 e. The van der Waals surface area contributed by atoms with E-state index in [1.54, 1.807) is 11.1 Å². The van der Waals surface area contributed by atoms with Gasteiger partial charge in [-0.1, -0.05) is 36.0 Å². The van der Waals surface area contributed by atoms with E-state index in [4.69, 9.17) is 0 Å². The predicted molar refractivity (Wildman–Crippen MR) is 82.5 cm³/mol. The number of aromatic nitrogens is 1. The molecule has 2 aromatic rings. The molecule has 0 unspecified atom stereocenters. The highest BCUT2D eigenvalue weighted by molar-refractivity contribution is 8.15. The second-order valence-electron chi connectivity index (χ2n) is 4.39. The molecule has 5 heteroatoms. The van der Waals surface area contributed by atoms with E-state index in [0.717, 1.165) is 11.3 Å². The zero-order valence-corrected chi connectivity index (χ0v) is 11.8. The maximum Gasteiger partial charge on any atom is 0.244 e. The van der Waals surface area contributed by atoms with Crippen LogP contribution < -0.4 is 4.90 Å². The molecule has 100 valence electrons. The Labute approximate surface area is 121 Å². The molecule has 1 aliphatic heterocycles. The van der Waals surface area contributed by atoms with Crippen molar-refractivity contribution < 1.29 is 4.79 Å². The number of hydrogen-bond acceptors (Lipinski definition) is 4.